The molecule has 0 saturated heterocycles. The molecule has 1 amide bonds. The maximum atomic E-state index is 11.7. The highest BCUT2D eigenvalue weighted by atomic mass is 32.1. The van der Waals surface area contributed by atoms with Crippen molar-refractivity contribution < 1.29 is 9.90 Å². The number of benzene rings is 1. The van der Waals surface area contributed by atoms with Crippen molar-refractivity contribution in [2.45, 2.75) is 18.6 Å². The molecule has 0 spiro atoms. The van der Waals surface area contributed by atoms with E-state index in [9.17, 15) is 9.90 Å². The molecule has 0 atom stereocenters. The Labute approximate surface area is 123 Å². The Bertz CT molecular complexity index is 446. The summed E-state index contributed by atoms with van der Waals surface area (Å²) in [6.07, 6.45) is 1.46. The summed E-state index contributed by atoms with van der Waals surface area (Å²) in [6.45, 7) is 1.50. The average molecular weight is 297 g/mol. The summed E-state index contributed by atoms with van der Waals surface area (Å²) in [5.74, 6) is 0.623. The molecule has 0 heterocycles. The zero-order chi connectivity index (χ0) is 14.8. The molecule has 0 saturated carbocycles. The Morgan fingerprint density at radius 2 is 1.90 bits per heavy atom. The van der Waals surface area contributed by atoms with Crippen molar-refractivity contribution in [3.63, 3.8) is 0 Å². The maximum absolute atomic E-state index is 11.7. The van der Waals surface area contributed by atoms with Crippen LogP contribution in [0.25, 0.3) is 0 Å². The highest BCUT2D eigenvalue weighted by molar-refractivity contribution is 7.97. The Morgan fingerprint density at radius 1 is 1.20 bits per heavy atom. The molecule has 5 nitrogen and oxygen atoms in total. The minimum Gasteiger partial charge on any atom is -0.360 e. The van der Waals surface area contributed by atoms with Gasteiger partial charge in [-0.15, -0.1) is 0 Å². The standard InChI is InChI=1S/C14H23N3O2S/c15-7-1-2-13(18)20-10-11-3-5-12(6-4-11)14(19)17-9-8-16/h3-6,18,20H,1-2,7-10,15-16H2,(H,17,19). The van der Waals surface area contributed by atoms with E-state index in [-0.39, 0.29) is 5.91 Å². The summed E-state index contributed by atoms with van der Waals surface area (Å²) in [5, 5.41) is 12.8. The first-order valence-electron chi connectivity index (χ1n) is 6.67. The number of carbonyl (C=O) groups is 1. The summed E-state index contributed by atoms with van der Waals surface area (Å²) < 4.78 is 0. The van der Waals surface area contributed by atoms with Crippen molar-refractivity contribution >= 4 is 22.3 Å². The van der Waals surface area contributed by atoms with Gasteiger partial charge in [0.2, 0.25) is 0 Å². The van der Waals surface area contributed by atoms with Crippen molar-refractivity contribution in [2.75, 3.05) is 19.6 Å². The van der Waals surface area contributed by atoms with Crippen LogP contribution < -0.4 is 16.8 Å². The second-order valence-corrected chi connectivity index (χ2v) is 5.51. The molecule has 6 N–H and O–H groups in total. The molecule has 0 unspecified atom stereocenters. The number of hydrogen-bond donors (Lipinski definition) is 5. The first-order valence-corrected chi connectivity index (χ1v) is 7.75. The molecule has 0 aliphatic heterocycles. The topological polar surface area (TPSA) is 101 Å². The van der Waals surface area contributed by atoms with Crippen LogP contribution in [0.15, 0.2) is 24.3 Å². The van der Waals surface area contributed by atoms with Crippen molar-refractivity contribution in [1.82, 2.24) is 5.32 Å². The van der Waals surface area contributed by atoms with Gasteiger partial charge in [-0.3, -0.25) is 4.79 Å². The van der Waals surface area contributed by atoms with Crippen LogP contribution in [0, 0.1) is 0 Å². The number of nitrogens with one attached hydrogen (secondary N) is 1. The third-order valence-corrected chi connectivity index (χ3v) is 3.81. The average Bonchev–Trinajstić information content (AvgIpc) is 2.49. The van der Waals surface area contributed by atoms with Gasteiger partial charge in [-0.2, -0.15) is 11.4 Å². The summed E-state index contributed by atoms with van der Waals surface area (Å²) >= 11 is 0.891. The molecule has 1 rings (SSSR count). The van der Waals surface area contributed by atoms with E-state index >= 15 is 0 Å². The summed E-state index contributed by atoms with van der Waals surface area (Å²) in [7, 11) is 0. The van der Waals surface area contributed by atoms with Gasteiger partial charge in [-0.1, -0.05) is 12.1 Å². The van der Waals surface area contributed by atoms with Gasteiger partial charge in [0.05, 0.1) is 5.05 Å². The van der Waals surface area contributed by atoms with E-state index in [4.69, 9.17) is 11.5 Å². The zero-order valence-electron chi connectivity index (χ0n) is 11.5. The minimum atomic E-state index is -0.114. The smallest absolute Gasteiger partial charge is 0.251 e. The Balaban J connectivity index is 2.52. The molecule has 112 valence electrons. The Hall–Kier alpha value is -1.21. The first-order chi connectivity index (χ1) is 9.67. The largest absolute Gasteiger partial charge is 0.360 e. The van der Waals surface area contributed by atoms with E-state index in [1.165, 1.54) is 0 Å². The van der Waals surface area contributed by atoms with Crippen molar-refractivity contribution in [1.29, 1.82) is 0 Å². The van der Waals surface area contributed by atoms with E-state index in [2.05, 4.69) is 5.32 Å². The lowest BCUT2D eigenvalue weighted by Gasteiger charge is -2.05. The molecule has 0 fully saturated rings. The number of nitrogens with two attached hydrogens (primary N) is 2. The summed E-state index contributed by atoms with van der Waals surface area (Å²) in [6, 6.07) is 7.38. The van der Waals surface area contributed by atoms with E-state index in [0.29, 0.717) is 36.7 Å². The Kier molecular flexibility index (Phi) is 8.13. The van der Waals surface area contributed by atoms with Crippen LogP contribution in [-0.4, -0.2) is 35.7 Å². The molecular formula is C14H23N3O2S. The van der Waals surface area contributed by atoms with Gasteiger partial charge in [0.1, 0.15) is 0 Å². The SMILES string of the molecule is NCCCC(O)=[SH]Cc1ccc(C(=O)NCCN)cc1. The lowest BCUT2D eigenvalue weighted by molar-refractivity contribution is 0.0955. The van der Waals surface area contributed by atoms with Crippen LogP contribution >= 0.6 is 11.4 Å². The van der Waals surface area contributed by atoms with Gasteiger partial charge in [-0.05, 0) is 30.7 Å². The van der Waals surface area contributed by atoms with Crippen LogP contribution in [0.5, 0.6) is 0 Å². The van der Waals surface area contributed by atoms with Crippen LogP contribution in [0.2, 0.25) is 0 Å². The van der Waals surface area contributed by atoms with Crippen molar-refractivity contribution in [3.05, 3.63) is 35.4 Å². The highest BCUT2D eigenvalue weighted by Crippen LogP contribution is 2.10. The Morgan fingerprint density at radius 3 is 2.50 bits per heavy atom. The molecule has 0 radical (unpaired) electrons. The molecule has 0 aromatic heterocycles. The van der Waals surface area contributed by atoms with Gasteiger partial charge < -0.3 is 21.9 Å². The lowest BCUT2D eigenvalue weighted by atomic mass is 10.1. The second-order valence-electron chi connectivity index (χ2n) is 4.37. The second kappa shape index (κ2) is 9.66. The number of aliphatic hydroxyl groups excluding tert-OH is 1. The summed E-state index contributed by atoms with van der Waals surface area (Å²) in [5.41, 5.74) is 12.4. The molecule has 1 aromatic rings. The van der Waals surface area contributed by atoms with Gasteiger partial charge in [0, 0.05) is 30.8 Å². The normalized spacial score (nSPS) is 11.8. The fraction of sp³-hybridized carbons (Fsp3) is 0.429. The van der Waals surface area contributed by atoms with Gasteiger partial charge in [0.15, 0.2) is 0 Å². The molecule has 1 aromatic carbocycles. The first kappa shape index (κ1) is 16.8. The number of rotatable bonds is 8. The summed E-state index contributed by atoms with van der Waals surface area (Å²) in [4.78, 5) is 11.7. The van der Waals surface area contributed by atoms with Gasteiger partial charge in [0.25, 0.3) is 5.91 Å². The van der Waals surface area contributed by atoms with E-state index in [0.717, 1.165) is 29.1 Å². The van der Waals surface area contributed by atoms with Crippen LogP contribution in [0.4, 0.5) is 0 Å². The fourth-order valence-corrected chi connectivity index (χ4v) is 2.46. The van der Waals surface area contributed by atoms with E-state index in [1.807, 2.05) is 12.1 Å². The zero-order valence-corrected chi connectivity index (χ0v) is 12.4. The lowest BCUT2D eigenvalue weighted by Crippen LogP contribution is -2.28. The quantitative estimate of drug-likeness (QED) is 0.361. The molecule has 0 aliphatic rings. The fourth-order valence-electron chi connectivity index (χ4n) is 1.57. The number of carbonyl (C=O) groups excluding carboxylic acids is 1. The van der Waals surface area contributed by atoms with Crippen LogP contribution in [0.1, 0.15) is 28.8 Å². The maximum Gasteiger partial charge on any atom is 0.251 e. The van der Waals surface area contributed by atoms with Gasteiger partial charge >= 0.3 is 0 Å². The molecule has 0 aliphatic carbocycles. The van der Waals surface area contributed by atoms with Crippen molar-refractivity contribution in [3.8, 4) is 0 Å². The minimum absolute atomic E-state index is 0.114. The predicted molar refractivity (Wildman–Crippen MR) is 86.4 cm³/mol. The van der Waals surface area contributed by atoms with Crippen LogP contribution in [0.3, 0.4) is 0 Å². The monoisotopic (exact) mass is 297 g/mol. The number of thiol groups is 1. The molecule has 20 heavy (non-hydrogen) atoms. The number of amides is 1. The number of aliphatic hydroxyl groups is 1. The molecular weight excluding hydrogens is 274 g/mol. The number of hydrogen-bond acceptors (Lipinski definition) is 3. The third kappa shape index (κ3) is 6.29. The highest BCUT2D eigenvalue weighted by Gasteiger charge is 2.03. The van der Waals surface area contributed by atoms with Crippen molar-refractivity contribution in [2.24, 2.45) is 11.5 Å². The third-order valence-electron chi connectivity index (χ3n) is 2.69. The van der Waals surface area contributed by atoms with Gasteiger partial charge in [-0.25, -0.2) is 0 Å². The molecule has 6 heteroatoms. The van der Waals surface area contributed by atoms with E-state index < -0.39 is 0 Å². The van der Waals surface area contributed by atoms with Crippen LogP contribution in [-0.2, 0) is 5.75 Å². The molecule has 0 bridgehead atoms. The predicted octanol–water partition coefficient (Wildman–Crippen LogP) is 0.767. The van der Waals surface area contributed by atoms with E-state index in [1.54, 1.807) is 12.1 Å².